The zero-order valence-electron chi connectivity index (χ0n) is 17.7. The summed E-state index contributed by atoms with van der Waals surface area (Å²) in [7, 11) is 1.53. The number of nitrogens with one attached hydrogen (secondary N) is 1. The number of anilines is 1. The number of amides is 1. The largest absolute Gasteiger partial charge is 0.496 e. The third-order valence-corrected chi connectivity index (χ3v) is 5.62. The van der Waals surface area contributed by atoms with E-state index in [1.165, 1.54) is 29.0 Å². The highest BCUT2D eigenvalue weighted by atomic mass is 32.1. The SMILES string of the molecule is CCCc1nn2c(=O)cc(COc3ccc(NC(=O)c4ccccc4OC)cc3)nc2s1. The Morgan fingerprint density at radius 1 is 1.16 bits per heavy atom. The van der Waals surface area contributed by atoms with E-state index in [1.54, 1.807) is 42.5 Å². The predicted molar refractivity (Wildman–Crippen MR) is 123 cm³/mol. The molecule has 0 fully saturated rings. The molecule has 0 aliphatic heterocycles. The quantitative estimate of drug-likeness (QED) is 0.437. The van der Waals surface area contributed by atoms with E-state index in [4.69, 9.17) is 9.47 Å². The van der Waals surface area contributed by atoms with E-state index in [0.717, 1.165) is 17.8 Å². The van der Waals surface area contributed by atoms with Gasteiger partial charge in [-0.1, -0.05) is 30.4 Å². The molecule has 0 radical (unpaired) electrons. The number of aromatic nitrogens is 3. The van der Waals surface area contributed by atoms with Crippen LogP contribution in [-0.4, -0.2) is 27.6 Å². The third-order valence-electron chi connectivity index (χ3n) is 4.65. The Morgan fingerprint density at radius 3 is 2.69 bits per heavy atom. The fraction of sp³-hybridized carbons (Fsp3) is 0.217. The van der Waals surface area contributed by atoms with Crippen molar-refractivity contribution in [1.29, 1.82) is 0 Å². The number of benzene rings is 2. The summed E-state index contributed by atoms with van der Waals surface area (Å²) < 4.78 is 12.3. The van der Waals surface area contributed by atoms with Crippen molar-refractivity contribution in [3.05, 3.63) is 81.2 Å². The molecule has 4 aromatic rings. The fourth-order valence-electron chi connectivity index (χ4n) is 3.11. The number of carbonyl (C=O) groups excluding carboxylic acids is 1. The van der Waals surface area contributed by atoms with E-state index in [2.05, 4.69) is 22.3 Å². The molecule has 0 saturated carbocycles. The highest BCUT2D eigenvalue weighted by molar-refractivity contribution is 7.16. The van der Waals surface area contributed by atoms with E-state index in [1.807, 2.05) is 6.07 Å². The van der Waals surface area contributed by atoms with Gasteiger partial charge >= 0.3 is 0 Å². The van der Waals surface area contributed by atoms with Crippen LogP contribution in [0.5, 0.6) is 11.5 Å². The molecule has 0 aliphatic carbocycles. The molecule has 32 heavy (non-hydrogen) atoms. The summed E-state index contributed by atoms with van der Waals surface area (Å²) in [6.45, 7) is 2.22. The molecule has 1 amide bonds. The molecule has 0 atom stereocenters. The lowest BCUT2D eigenvalue weighted by molar-refractivity contribution is 0.102. The van der Waals surface area contributed by atoms with Crippen molar-refractivity contribution in [2.24, 2.45) is 0 Å². The number of rotatable bonds is 8. The smallest absolute Gasteiger partial charge is 0.275 e. The molecular weight excluding hydrogens is 428 g/mol. The maximum atomic E-state index is 12.5. The van der Waals surface area contributed by atoms with Gasteiger partial charge in [0.05, 0.1) is 18.4 Å². The van der Waals surface area contributed by atoms with Gasteiger partial charge in [-0.2, -0.15) is 9.61 Å². The van der Waals surface area contributed by atoms with Crippen LogP contribution in [0.1, 0.15) is 34.4 Å². The van der Waals surface area contributed by atoms with Crippen LogP contribution >= 0.6 is 11.3 Å². The Labute approximate surface area is 188 Å². The number of nitrogens with zero attached hydrogens (tertiary/aromatic N) is 3. The summed E-state index contributed by atoms with van der Waals surface area (Å²) in [5.41, 5.74) is 1.39. The van der Waals surface area contributed by atoms with E-state index in [0.29, 0.717) is 33.4 Å². The first-order valence-corrected chi connectivity index (χ1v) is 10.9. The molecule has 0 aliphatic rings. The van der Waals surface area contributed by atoms with Gasteiger partial charge in [-0.25, -0.2) is 4.98 Å². The molecule has 2 aromatic carbocycles. The maximum Gasteiger partial charge on any atom is 0.275 e. The highest BCUT2D eigenvalue weighted by Crippen LogP contribution is 2.21. The van der Waals surface area contributed by atoms with Crippen LogP contribution in [0.2, 0.25) is 0 Å². The normalized spacial score (nSPS) is 10.8. The Kier molecular flexibility index (Phi) is 6.46. The van der Waals surface area contributed by atoms with Gasteiger partial charge in [-0.05, 0) is 42.8 Å². The molecule has 0 saturated heterocycles. The van der Waals surface area contributed by atoms with Gasteiger partial charge < -0.3 is 14.8 Å². The maximum absolute atomic E-state index is 12.5. The zero-order valence-corrected chi connectivity index (χ0v) is 18.5. The molecule has 0 bridgehead atoms. The summed E-state index contributed by atoms with van der Waals surface area (Å²) >= 11 is 1.42. The van der Waals surface area contributed by atoms with Gasteiger partial charge in [0.2, 0.25) is 4.96 Å². The molecule has 0 unspecified atom stereocenters. The van der Waals surface area contributed by atoms with Crippen molar-refractivity contribution >= 4 is 27.9 Å². The summed E-state index contributed by atoms with van der Waals surface area (Å²) in [6.07, 6.45) is 1.78. The number of hydrogen-bond acceptors (Lipinski definition) is 7. The molecule has 8 nitrogen and oxygen atoms in total. The van der Waals surface area contributed by atoms with Crippen LogP contribution in [0.4, 0.5) is 5.69 Å². The number of aryl methyl sites for hydroxylation is 1. The molecule has 4 rings (SSSR count). The van der Waals surface area contributed by atoms with E-state index in [9.17, 15) is 9.59 Å². The van der Waals surface area contributed by atoms with Crippen molar-refractivity contribution in [3.63, 3.8) is 0 Å². The molecular formula is C23H22N4O4S. The van der Waals surface area contributed by atoms with Crippen LogP contribution < -0.4 is 20.3 Å². The van der Waals surface area contributed by atoms with Crippen molar-refractivity contribution in [2.45, 2.75) is 26.4 Å². The Morgan fingerprint density at radius 2 is 1.94 bits per heavy atom. The summed E-state index contributed by atoms with van der Waals surface area (Å²) in [6, 6.07) is 15.4. The van der Waals surface area contributed by atoms with Crippen molar-refractivity contribution < 1.29 is 14.3 Å². The average Bonchev–Trinajstić information content (AvgIpc) is 3.22. The second kappa shape index (κ2) is 9.61. The van der Waals surface area contributed by atoms with Gasteiger partial charge in [0.15, 0.2) is 0 Å². The Hall–Kier alpha value is -3.72. The minimum Gasteiger partial charge on any atom is -0.496 e. The number of para-hydroxylation sites is 1. The van der Waals surface area contributed by atoms with Gasteiger partial charge in [0.1, 0.15) is 23.1 Å². The lowest BCUT2D eigenvalue weighted by Gasteiger charge is -2.10. The van der Waals surface area contributed by atoms with Gasteiger partial charge in [0, 0.05) is 18.2 Å². The van der Waals surface area contributed by atoms with Crippen LogP contribution in [-0.2, 0) is 13.0 Å². The predicted octanol–water partition coefficient (Wildman–Crippen LogP) is 3.94. The number of ether oxygens (including phenoxy) is 2. The first-order chi connectivity index (χ1) is 15.6. The van der Waals surface area contributed by atoms with Crippen molar-refractivity contribution in [2.75, 3.05) is 12.4 Å². The van der Waals surface area contributed by atoms with Crippen molar-refractivity contribution in [3.8, 4) is 11.5 Å². The van der Waals surface area contributed by atoms with Crippen LogP contribution in [0.15, 0.2) is 59.4 Å². The minimum atomic E-state index is -0.263. The third kappa shape index (κ3) is 4.78. The second-order valence-corrected chi connectivity index (χ2v) is 8.03. The zero-order chi connectivity index (χ0) is 22.5. The topological polar surface area (TPSA) is 94.8 Å². The lowest BCUT2D eigenvalue weighted by atomic mass is 10.2. The van der Waals surface area contributed by atoms with E-state index >= 15 is 0 Å². The average molecular weight is 451 g/mol. The summed E-state index contributed by atoms with van der Waals surface area (Å²) in [5.74, 6) is 0.840. The summed E-state index contributed by atoms with van der Waals surface area (Å²) in [4.78, 5) is 29.9. The number of carbonyl (C=O) groups is 1. The lowest BCUT2D eigenvalue weighted by Crippen LogP contribution is -2.16. The molecule has 1 N–H and O–H groups in total. The Bertz CT molecular complexity index is 1300. The van der Waals surface area contributed by atoms with Crippen LogP contribution in [0, 0.1) is 0 Å². The minimum absolute atomic E-state index is 0.152. The Balaban J connectivity index is 1.41. The van der Waals surface area contributed by atoms with Gasteiger partial charge in [-0.15, -0.1) is 0 Å². The molecule has 0 spiro atoms. The van der Waals surface area contributed by atoms with Crippen LogP contribution in [0.25, 0.3) is 4.96 Å². The monoisotopic (exact) mass is 450 g/mol. The number of methoxy groups -OCH3 is 1. The molecule has 2 aromatic heterocycles. The van der Waals surface area contributed by atoms with Gasteiger partial charge in [0.25, 0.3) is 11.5 Å². The standard InChI is InChI=1S/C23H22N4O4S/c1-3-6-20-26-27-21(28)13-16(25-23(27)32-20)14-31-17-11-9-15(10-12-17)24-22(29)18-7-4-5-8-19(18)30-2/h4-5,7-13H,3,6,14H2,1-2H3,(H,24,29). The van der Waals surface area contributed by atoms with Crippen molar-refractivity contribution in [1.82, 2.24) is 14.6 Å². The molecule has 9 heteroatoms. The summed E-state index contributed by atoms with van der Waals surface area (Å²) in [5, 5.41) is 8.03. The fourth-order valence-corrected chi connectivity index (χ4v) is 4.13. The number of fused-ring (bicyclic) bond motifs is 1. The molecule has 2 heterocycles. The van der Waals surface area contributed by atoms with E-state index < -0.39 is 0 Å². The molecule has 164 valence electrons. The number of hydrogen-bond donors (Lipinski definition) is 1. The second-order valence-electron chi connectivity index (χ2n) is 6.99. The highest BCUT2D eigenvalue weighted by Gasteiger charge is 2.12. The van der Waals surface area contributed by atoms with E-state index in [-0.39, 0.29) is 18.1 Å². The van der Waals surface area contributed by atoms with Gasteiger partial charge in [-0.3, -0.25) is 9.59 Å². The van der Waals surface area contributed by atoms with Crippen LogP contribution in [0.3, 0.4) is 0 Å². The first kappa shape index (κ1) is 21.5. The first-order valence-electron chi connectivity index (χ1n) is 10.1.